The Morgan fingerprint density at radius 1 is 1.32 bits per heavy atom. The number of halogens is 4. The Hall–Kier alpha value is -0.790. The SMILES string of the molecule is FC(F)(F)c1cc(Br)ccc1NCC1COCCO1. The summed E-state index contributed by atoms with van der Waals surface area (Å²) in [4.78, 5) is 0. The van der Waals surface area contributed by atoms with Gasteiger partial charge in [-0.05, 0) is 18.2 Å². The van der Waals surface area contributed by atoms with E-state index in [1.807, 2.05) is 0 Å². The summed E-state index contributed by atoms with van der Waals surface area (Å²) in [5.74, 6) is 0. The second-order valence-electron chi connectivity index (χ2n) is 4.14. The van der Waals surface area contributed by atoms with E-state index in [-0.39, 0.29) is 18.3 Å². The third kappa shape index (κ3) is 4.09. The van der Waals surface area contributed by atoms with Crippen LogP contribution in [0.1, 0.15) is 5.56 Å². The first-order valence-corrected chi connectivity index (χ1v) is 6.56. The number of ether oxygens (including phenoxy) is 2. The first-order valence-electron chi connectivity index (χ1n) is 5.77. The molecule has 1 atom stereocenters. The van der Waals surface area contributed by atoms with Crippen molar-refractivity contribution in [1.29, 1.82) is 0 Å². The highest BCUT2D eigenvalue weighted by Gasteiger charge is 2.33. The highest BCUT2D eigenvalue weighted by molar-refractivity contribution is 9.10. The van der Waals surface area contributed by atoms with Gasteiger partial charge in [-0.2, -0.15) is 13.2 Å². The van der Waals surface area contributed by atoms with Gasteiger partial charge in [0.15, 0.2) is 0 Å². The zero-order valence-corrected chi connectivity index (χ0v) is 11.6. The quantitative estimate of drug-likeness (QED) is 0.916. The minimum absolute atomic E-state index is 0.0462. The number of benzene rings is 1. The van der Waals surface area contributed by atoms with E-state index in [0.717, 1.165) is 6.07 Å². The second kappa shape index (κ2) is 6.11. The van der Waals surface area contributed by atoms with Gasteiger partial charge in [0, 0.05) is 16.7 Å². The fourth-order valence-electron chi connectivity index (χ4n) is 1.78. The molecule has 1 fully saturated rings. The lowest BCUT2D eigenvalue weighted by molar-refractivity contribution is -0.137. The molecule has 0 amide bonds. The molecule has 1 aliphatic heterocycles. The Balaban J connectivity index is 2.06. The van der Waals surface area contributed by atoms with Crippen molar-refractivity contribution >= 4 is 21.6 Å². The van der Waals surface area contributed by atoms with Crippen molar-refractivity contribution in [3.05, 3.63) is 28.2 Å². The van der Waals surface area contributed by atoms with E-state index >= 15 is 0 Å². The Kier molecular flexibility index (Phi) is 4.70. The minimum atomic E-state index is -4.39. The number of alkyl halides is 3. The normalized spacial score (nSPS) is 20.3. The van der Waals surface area contributed by atoms with Gasteiger partial charge in [-0.15, -0.1) is 0 Å². The van der Waals surface area contributed by atoms with Crippen LogP contribution in [0.2, 0.25) is 0 Å². The molecule has 1 aliphatic rings. The Morgan fingerprint density at radius 2 is 2.11 bits per heavy atom. The molecule has 1 saturated heterocycles. The van der Waals surface area contributed by atoms with E-state index in [9.17, 15) is 13.2 Å². The van der Waals surface area contributed by atoms with Gasteiger partial charge in [-0.1, -0.05) is 15.9 Å². The van der Waals surface area contributed by atoms with Crippen LogP contribution in [-0.4, -0.2) is 32.5 Å². The number of rotatable bonds is 3. The minimum Gasteiger partial charge on any atom is -0.382 e. The van der Waals surface area contributed by atoms with Crippen LogP contribution in [0.25, 0.3) is 0 Å². The molecule has 0 radical (unpaired) electrons. The van der Waals surface area contributed by atoms with Crippen molar-refractivity contribution in [3.8, 4) is 0 Å². The molecule has 0 spiro atoms. The summed E-state index contributed by atoms with van der Waals surface area (Å²) in [5, 5.41) is 2.77. The molecule has 0 aliphatic carbocycles. The summed E-state index contributed by atoms with van der Waals surface area (Å²) in [6.45, 7) is 1.68. The van der Waals surface area contributed by atoms with Crippen LogP contribution in [0.3, 0.4) is 0 Å². The van der Waals surface area contributed by atoms with Crippen LogP contribution in [0.4, 0.5) is 18.9 Å². The van der Waals surface area contributed by atoms with Gasteiger partial charge < -0.3 is 14.8 Å². The van der Waals surface area contributed by atoms with Crippen LogP contribution in [0.5, 0.6) is 0 Å². The molecule has 1 aromatic carbocycles. The third-order valence-corrected chi connectivity index (χ3v) is 3.19. The van der Waals surface area contributed by atoms with Gasteiger partial charge >= 0.3 is 6.18 Å². The van der Waals surface area contributed by atoms with Crippen molar-refractivity contribution in [2.75, 3.05) is 31.7 Å². The molecule has 3 nitrogen and oxygen atoms in total. The molecule has 1 aromatic rings. The maximum atomic E-state index is 12.9. The Morgan fingerprint density at radius 3 is 2.74 bits per heavy atom. The molecule has 0 saturated carbocycles. The molecule has 106 valence electrons. The predicted octanol–water partition coefficient (Wildman–Crippen LogP) is 3.30. The summed E-state index contributed by atoms with van der Waals surface area (Å²) >= 11 is 3.04. The molecule has 2 rings (SSSR count). The second-order valence-corrected chi connectivity index (χ2v) is 5.05. The van der Waals surface area contributed by atoms with Gasteiger partial charge in [0.25, 0.3) is 0 Å². The van der Waals surface area contributed by atoms with Crippen molar-refractivity contribution in [1.82, 2.24) is 0 Å². The third-order valence-electron chi connectivity index (χ3n) is 2.69. The molecule has 19 heavy (non-hydrogen) atoms. The van der Waals surface area contributed by atoms with Crippen molar-refractivity contribution in [2.45, 2.75) is 12.3 Å². The van der Waals surface area contributed by atoms with Crippen molar-refractivity contribution in [2.24, 2.45) is 0 Å². The average molecular weight is 340 g/mol. The highest BCUT2D eigenvalue weighted by atomic mass is 79.9. The van der Waals surface area contributed by atoms with E-state index in [1.165, 1.54) is 6.07 Å². The maximum absolute atomic E-state index is 12.9. The first-order chi connectivity index (χ1) is 8.97. The number of hydrogen-bond acceptors (Lipinski definition) is 3. The zero-order valence-electron chi connectivity index (χ0n) is 9.97. The monoisotopic (exact) mass is 339 g/mol. The fraction of sp³-hybridized carbons (Fsp3) is 0.500. The predicted molar refractivity (Wildman–Crippen MR) is 68.2 cm³/mol. The van der Waals surface area contributed by atoms with Gasteiger partial charge in [0.05, 0.1) is 31.5 Å². The van der Waals surface area contributed by atoms with Gasteiger partial charge in [-0.25, -0.2) is 0 Å². The summed E-state index contributed by atoms with van der Waals surface area (Å²) in [6.07, 6.45) is -4.62. The highest BCUT2D eigenvalue weighted by Crippen LogP contribution is 2.36. The summed E-state index contributed by atoms with van der Waals surface area (Å²) in [7, 11) is 0. The molecular weight excluding hydrogens is 327 g/mol. The van der Waals surface area contributed by atoms with Crippen LogP contribution in [0.15, 0.2) is 22.7 Å². The molecule has 1 unspecified atom stereocenters. The maximum Gasteiger partial charge on any atom is 0.418 e. The van der Waals surface area contributed by atoms with E-state index in [2.05, 4.69) is 21.2 Å². The van der Waals surface area contributed by atoms with E-state index in [0.29, 0.717) is 24.3 Å². The lowest BCUT2D eigenvalue weighted by atomic mass is 10.1. The molecule has 7 heteroatoms. The van der Waals surface area contributed by atoms with Crippen molar-refractivity contribution < 1.29 is 22.6 Å². The van der Waals surface area contributed by atoms with Crippen LogP contribution in [0, 0.1) is 0 Å². The van der Waals surface area contributed by atoms with E-state index in [4.69, 9.17) is 9.47 Å². The van der Waals surface area contributed by atoms with Crippen LogP contribution in [-0.2, 0) is 15.7 Å². The Labute approximate surface area is 117 Å². The molecular formula is C12H13BrF3NO2. The molecule has 1 heterocycles. The topological polar surface area (TPSA) is 30.5 Å². The van der Waals surface area contributed by atoms with Gasteiger partial charge in [0.1, 0.15) is 0 Å². The zero-order chi connectivity index (χ0) is 13.9. The van der Waals surface area contributed by atoms with Gasteiger partial charge in [-0.3, -0.25) is 0 Å². The van der Waals surface area contributed by atoms with E-state index < -0.39 is 11.7 Å². The number of anilines is 1. The average Bonchev–Trinajstić information content (AvgIpc) is 2.37. The summed E-state index contributed by atoms with van der Waals surface area (Å²) < 4.78 is 49.6. The lowest BCUT2D eigenvalue weighted by Gasteiger charge is -2.24. The lowest BCUT2D eigenvalue weighted by Crippen LogP contribution is -2.34. The Bertz CT molecular complexity index is 433. The molecule has 0 bridgehead atoms. The molecule has 1 N–H and O–H groups in total. The van der Waals surface area contributed by atoms with E-state index in [1.54, 1.807) is 6.07 Å². The standard InChI is InChI=1S/C12H13BrF3NO2/c13-8-1-2-11(10(5-8)12(14,15)16)17-6-9-7-18-3-4-19-9/h1-2,5,9,17H,3-4,6-7H2. The largest absolute Gasteiger partial charge is 0.418 e. The summed E-state index contributed by atoms with van der Waals surface area (Å²) in [5.41, 5.74) is -0.650. The number of nitrogens with one attached hydrogen (secondary N) is 1. The van der Waals surface area contributed by atoms with Gasteiger partial charge in [0.2, 0.25) is 0 Å². The smallest absolute Gasteiger partial charge is 0.382 e. The summed E-state index contributed by atoms with van der Waals surface area (Å²) in [6, 6.07) is 4.02. The first kappa shape index (κ1) is 14.6. The van der Waals surface area contributed by atoms with Crippen molar-refractivity contribution in [3.63, 3.8) is 0 Å². The molecule has 0 aromatic heterocycles. The van der Waals surface area contributed by atoms with Crippen LogP contribution < -0.4 is 5.32 Å². The van der Waals surface area contributed by atoms with Crippen LogP contribution >= 0.6 is 15.9 Å². The number of hydrogen-bond donors (Lipinski definition) is 1. The fourth-order valence-corrected chi connectivity index (χ4v) is 2.14.